The average molecular weight is 261 g/mol. The first-order chi connectivity index (χ1) is 8.95. The number of hydrogen-bond donors (Lipinski definition) is 2. The second-order valence-electron chi connectivity index (χ2n) is 4.44. The Morgan fingerprint density at radius 3 is 2.63 bits per heavy atom. The van der Waals surface area contributed by atoms with Crippen LogP contribution in [0.2, 0.25) is 0 Å². The average Bonchev–Trinajstić information content (AvgIpc) is 2.32. The summed E-state index contributed by atoms with van der Waals surface area (Å²) in [5.41, 5.74) is 1.23. The highest BCUT2D eigenvalue weighted by Gasteiger charge is 2.13. The molecule has 1 heterocycles. The van der Waals surface area contributed by atoms with E-state index in [0.717, 1.165) is 11.6 Å². The minimum absolute atomic E-state index is 0.0650. The zero-order valence-corrected chi connectivity index (χ0v) is 10.4. The third-order valence-electron chi connectivity index (χ3n) is 2.78. The van der Waals surface area contributed by atoms with E-state index in [0.29, 0.717) is 5.56 Å². The summed E-state index contributed by atoms with van der Waals surface area (Å²) in [7, 11) is -1.73. The molecule has 1 aromatic carbocycles. The highest BCUT2D eigenvalue weighted by atomic mass is 19.1. The number of aryl methyl sites for hydroxylation is 1. The Morgan fingerprint density at radius 1 is 1.26 bits per heavy atom. The number of aromatic nitrogens is 1. The predicted molar refractivity (Wildman–Crippen MR) is 70.8 cm³/mol. The SMILES string of the molecule is Cc1ccn(Cc2cc(F)cc(B(O)O)c2)c(=O)c1. The topological polar surface area (TPSA) is 62.5 Å². The molecule has 0 saturated heterocycles. The van der Waals surface area contributed by atoms with Gasteiger partial charge in [0.1, 0.15) is 5.82 Å². The van der Waals surface area contributed by atoms with E-state index in [4.69, 9.17) is 10.0 Å². The molecule has 4 nitrogen and oxygen atoms in total. The van der Waals surface area contributed by atoms with Crippen LogP contribution in [0.15, 0.2) is 41.3 Å². The van der Waals surface area contributed by atoms with Crippen LogP contribution in [0.1, 0.15) is 11.1 Å². The number of pyridine rings is 1. The van der Waals surface area contributed by atoms with Crippen molar-refractivity contribution in [1.29, 1.82) is 0 Å². The molecule has 19 heavy (non-hydrogen) atoms. The molecule has 0 fully saturated rings. The molecule has 0 bridgehead atoms. The van der Waals surface area contributed by atoms with E-state index in [1.54, 1.807) is 12.3 Å². The Hall–Kier alpha value is -1.92. The van der Waals surface area contributed by atoms with Crippen molar-refractivity contribution in [3.8, 4) is 0 Å². The molecule has 98 valence electrons. The lowest BCUT2D eigenvalue weighted by atomic mass is 9.79. The summed E-state index contributed by atoms with van der Waals surface area (Å²) < 4.78 is 14.8. The van der Waals surface area contributed by atoms with Crippen LogP contribution in [-0.4, -0.2) is 21.7 Å². The summed E-state index contributed by atoms with van der Waals surface area (Å²) >= 11 is 0. The zero-order valence-electron chi connectivity index (χ0n) is 10.4. The minimum atomic E-state index is -1.73. The molecule has 0 aliphatic rings. The molecule has 2 N–H and O–H groups in total. The lowest BCUT2D eigenvalue weighted by molar-refractivity contribution is 0.425. The van der Waals surface area contributed by atoms with E-state index in [1.807, 2.05) is 6.92 Å². The molecule has 2 aromatic rings. The first-order valence-corrected chi connectivity index (χ1v) is 5.78. The summed E-state index contributed by atoms with van der Waals surface area (Å²) in [5, 5.41) is 18.1. The first-order valence-electron chi connectivity index (χ1n) is 5.78. The Labute approximate surface area is 109 Å². The van der Waals surface area contributed by atoms with Crippen molar-refractivity contribution < 1.29 is 14.4 Å². The standard InChI is InChI=1S/C13H13BFNO3/c1-9-2-3-16(13(17)4-9)8-10-5-11(14(18)19)7-12(15)6-10/h2-7,18-19H,8H2,1H3. The van der Waals surface area contributed by atoms with Gasteiger partial charge in [-0.1, -0.05) is 6.07 Å². The summed E-state index contributed by atoms with van der Waals surface area (Å²) in [6.07, 6.45) is 1.62. The molecule has 0 saturated carbocycles. The predicted octanol–water partition coefficient (Wildman–Crippen LogP) is 0.0239. The fourth-order valence-corrected chi connectivity index (χ4v) is 1.85. The first kappa shape index (κ1) is 13.5. The molecule has 0 amide bonds. The molecule has 2 rings (SSSR count). The Bertz CT molecular complexity index is 655. The van der Waals surface area contributed by atoms with Gasteiger partial charge in [-0.05, 0) is 41.7 Å². The van der Waals surface area contributed by atoms with Gasteiger partial charge >= 0.3 is 7.12 Å². The molecule has 1 aromatic heterocycles. The van der Waals surface area contributed by atoms with Crippen molar-refractivity contribution in [3.63, 3.8) is 0 Å². The zero-order chi connectivity index (χ0) is 14.0. The molecule has 0 radical (unpaired) electrons. The largest absolute Gasteiger partial charge is 0.488 e. The van der Waals surface area contributed by atoms with Crippen molar-refractivity contribution in [2.24, 2.45) is 0 Å². The molecule has 6 heteroatoms. The Kier molecular flexibility index (Phi) is 3.83. The van der Waals surface area contributed by atoms with E-state index in [1.165, 1.54) is 22.8 Å². The summed E-state index contributed by atoms with van der Waals surface area (Å²) in [6.45, 7) is 1.99. The highest BCUT2D eigenvalue weighted by molar-refractivity contribution is 6.58. The summed E-state index contributed by atoms with van der Waals surface area (Å²) in [4.78, 5) is 11.7. The molecule has 0 unspecified atom stereocenters. The maximum absolute atomic E-state index is 13.3. The fourth-order valence-electron chi connectivity index (χ4n) is 1.85. The van der Waals surface area contributed by atoms with Gasteiger partial charge in [0, 0.05) is 12.3 Å². The van der Waals surface area contributed by atoms with Crippen molar-refractivity contribution in [1.82, 2.24) is 4.57 Å². The Balaban J connectivity index is 2.35. The van der Waals surface area contributed by atoms with Gasteiger partial charge in [0.05, 0.1) is 6.54 Å². The van der Waals surface area contributed by atoms with Gasteiger partial charge in [0.15, 0.2) is 0 Å². The van der Waals surface area contributed by atoms with Crippen LogP contribution in [0.4, 0.5) is 4.39 Å². The van der Waals surface area contributed by atoms with Crippen LogP contribution in [0, 0.1) is 12.7 Å². The van der Waals surface area contributed by atoms with E-state index in [2.05, 4.69) is 0 Å². The van der Waals surface area contributed by atoms with Crippen molar-refractivity contribution in [2.45, 2.75) is 13.5 Å². The van der Waals surface area contributed by atoms with Gasteiger partial charge in [0.2, 0.25) is 0 Å². The van der Waals surface area contributed by atoms with Crippen LogP contribution >= 0.6 is 0 Å². The minimum Gasteiger partial charge on any atom is -0.423 e. The van der Waals surface area contributed by atoms with Crippen LogP contribution in [0.3, 0.4) is 0 Å². The van der Waals surface area contributed by atoms with E-state index >= 15 is 0 Å². The quantitative estimate of drug-likeness (QED) is 0.766. The van der Waals surface area contributed by atoms with Crippen molar-refractivity contribution in [3.05, 3.63) is 63.8 Å². The fraction of sp³-hybridized carbons (Fsp3) is 0.154. The number of rotatable bonds is 3. The second kappa shape index (κ2) is 5.38. The molecular formula is C13H13BFNO3. The summed E-state index contributed by atoms with van der Waals surface area (Å²) in [5.74, 6) is -0.569. The normalized spacial score (nSPS) is 10.5. The van der Waals surface area contributed by atoms with E-state index < -0.39 is 12.9 Å². The molecule has 0 aliphatic heterocycles. The van der Waals surface area contributed by atoms with Crippen molar-refractivity contribution in [2.75, 3.05) is 0 Å². The van der Waals surface area contributed by atoms with Crippen LogP contribution in [0.25, 0.3) is 0 Å². The van der Waals surface area contributed by atoms with Crippen molar-refractivity contribution >= 4 is 12.6 Å². The lowest BCUT2D eigenvalue weighted by Crippen LogP contribution is -2.31. The third-order valence-corrected chi connectivity index (χ3v) is 2.78. The molecular weight excluding hydrogens is 248 g/mol. The van der Waals surface area contributed by atoms with E-state index in [9.17, 15) is 9.18 Å². The number of benzene rings is 1. The molecule has 0 atom stereocenters. The van der Waals surface area contributed by atoms with Gasteiger partial charge in [-0.25, -0.2) is 4.39 Å². The number of halogens is 1. The molecule has 0 spiro atoms. The monoisotopic (exact) mass is 261 g/mol. The number of hydrogen-bond acceptors (Lipinski definition) is 3. The lowest BCUT2D eigenvalue weighted by Gasteiger charge is -2.08. The van der Waals surface area contributed by atoms with E-state index in [-0.39, 0.29) is 17.6 Å². The van der Waals surface area contributed by atoms with Gasteiger partial charge in [-0.3, -0.25) is 4.79 Å². The van der Waals surface area contributed by atoms with Gasteiger partial charge in [-0.2, -0.15) is 0 Å². The maximum atomic E-state index is 13.3. The third kappa shape index (κ3) is 3.30. The maximum Gasteiger partial charge on any atom is 0.488 e. The van der Waals surface area contributed by atoms with Gasteiger partial charge in [0.25, 0.3) is 5.56 Å². The van der Waals surface area contributed by atoms with Crippen LogP contribution < -0.4 is 11.0 Å². The smallest absolute Gasteiger partial charge is 0.423 e. The molecule has 0 aliphatic carbocycles. The number of nitrogens with zero attached hydrogens (tertiary/aromatic N) is 1. The van der Waals surface area contributed by atoms with Crippen LogP contribution in [0.5, 0.6) is 0 Å². The summed E-state index contributed by atoms with van der Waals surface area (Å²) in [6, 6.07) is 7.04. The Morgan fingerprint density at radius 2 is 2.00 bits per heavy atom. The van der Waals surface area contributed by atoms with Gasteiger partial charge < -0.3 is 14.6 Å². The second-order valence-corrected chi connectivity index (χ2v) is 4.44. The van der Waals surface area contributed by atoms with Crippen LogP contribution in [-0.2, 0) is 6.54 Å². The highest BCUT2D eigenvalue weighted by Crippen LogP contribution is 2.04. The van der Waals surface area contributed by atoms with Gasteiger partial charge in [-0.15, -0.1) is 0 Å².